The molecule has 1 rings (SSSR count). The second kappa shape index (κ2) is 4.05. The van der Waals surface area contributed by atoms with Crippen LogP contribution in [0.2, 0.25) is 0 Å². The van der Waals surface area contributed by atoms with E-state index < -0.39 is 0 Å². The van der Waals surface area contributed by atoms with Gasteiger partial charge in [0.2, 0.25) is 0 Å². The van der Waals surface area contributed by atoms with Gasteiger partial charge in [-0.15, -0.1) is 0 Å². The van der Waals surface area contributed by atoms with E-state index in [-0.39, 0.29) is 5.82 Å². The molecule has 1 aromatic rings. The van der Waals surface area contributed by atoms with E-state index in [1.54, 1.807) is 12.1 Å². The molecule has 0 N–H and O–H groups in total. The van der Waals surface area contributed by atoms with Crippen LogP contribution in [-0.4, -0.2) is 0 Å². The Hall–Kier alpha value is -1.11. The van der Waals surface area contributed by atoms with Gasteiger partial charge in [0.05, 0.1) is 0 Å². The molecule has 0 unspecified atom stereocenters. The lowest BCUT2D eigenvalue weighted by atomic mass is 10.1. The molecule has 64 valence electrons. The van der Waals surface area contributed by atoms with Crippen molar-refractivity contribution in [3.05, 3.63) is 41.2 Å². The lowest BCUT2D eigenvalue weighted by Crippen LogP contribution is -1.85. The van der Waals surface area contributed by atoms with E-state index >= 15 is 0 Å². The smallest absolute Gasteiger partial charge is 0.130 e. The number of aryl methyl sites for hydroxylation is 1. The molecule has 0 aromatic heterocycles. The van der Waals surface area contributed by atoms with E-state index in [1.165, 1.54) is 0 Å². The van der Waals surface area contributed by atoms with Gasteiger partial charge < -0.3 is 0 Å². The molecule has 0 spiro atoms. The van der Waals surface area contributed by atoms with Gasteiger partial charge in [-0.1, -0.05) is 31.2 Å². The highest BCUT2D eigenvalue weighted by atomic mass is 19.1. The van der Waals surface area contributed by atoms with Crippen molar-refractivity contribution >= 4 is 6.08 Å². The SMILES string of the molecule is C/C=C/c1ccc(CC)cc1F. The van der Waals surface area contributed by atoms with Crippen molar-refractivity contribution in [2.75, 3.05) is 0 Å². The molecule has 0 saturated heterocycles. The first kappa shape index (κ1) is 8.98. The van der Waals surface area contributed by atoms with Gasteiger partial charge in [0.1, 0.15) is 5.82 Å². The van der Waals surface area contributed by atoms with Gasteiger partial charge in [0, 0.05) is 5.56 Å². The fourth-order valence-electron chi connectivity index (χ4n) is 1.11. The zero-order chi connectivity index (χ0) is 8.97. The maximum Gasteiger partial charge on any atom is 0.130 e. The van der Waals surface area contributed by atoms with Crippen LogP contribution in [0, 0.1) is 5.82 Å². The average Bonchev–Trinajstić information content (AvgIpc) is 2.09. The summed E-state index contributed by atoms with van der Waals surface area (Å²) < 4.78 is 13.2. The molecule has 12 heavy (non-hydrogen) atoms. The quantitative estimate of drug-likeness (QED) is 0.628. The summed E-state index contributed by atoms with van der Waals surface area (Å²) in [6.07, 6.45) is 4.49. The predicted molar refractivity (Wildman–Crippen MR) is 50.5 cm³/mol. The fraction of sp³-hybridized carbons (Fsp3) is 0.273. The summed E-state index contributed by atoms with van der Waals surface area (Å²) in [4.78, 5) is 0. The van der Waals surface area contributed by atoms with Gasteiger partial charge in [-0.2, -0.15) is 0 Å². The lowest BCUT2D eigenvalue weighted by Gasteiger charge is -1.99. The zero-order valence-corrected chi connectivity index (χ0v) is 7.47. The van der Waals surface area contributed by atoms with Gasteiger partial charge in [-0.25, -0.2) is 4.39 Å². The zero-order valence-electron chi connectivity index (χ0n) is 7.47. The Kier molecular flexibility index (Phi) is 3.03. The molecule has 0 radical (unpaired) electrons. The average molecular weight is 164 g/mol. The Labute approximate surface area is 72.7 Å². The van der Waals surface area contributed by atoms with Crippen molar-refractivity contribution in [1.82, 2.24) is 0 Å². The van der Waals surface area contributed by atoms with E-state index in [0.717, 1.165) is 12.0 Å². The summed E-state index contributed by atoms with van der Waals surface area (Å²) in [5.41, 5.74) is 1.70. The normalized spacial score (nSPS) is 10.9. The minimum atomic E-state index is -0.132. The van der Waals surface area contributed by atoms with E-state index in [1.807, 2.05) is 32.1 Å². The third kappa shape index (κ3) is 1.94. The summed E-state index contributed by atoms with van der Waals surface area (Å²) in [7, 11) is 0. The number of benzene rings is 1. The fourth-order valence-corrected chi connectivity index (χ4v) is 1.11. The molecule has 0 bridgehead atoms. The van der Waals surface area contributed by atoms with Crippen LogP contribution in [0.25, 0.3) is 6.08 Å². The molecule has 0 amide bonds. The Morgan fingerprint density at radius 1 is 1.42 bits per heavy atom. The minimum Gasteiger partial charge on any atom is -0.206 e. The third-order valence-electron chi connectivity index (χ3n) is 1.82. The highest BCUT2D eigenvalue weighted by Crippen LogP contribution is 2.12. The highest BCUT2D eigenvalue weighted by Gasteiger charge is 1.98. The van der Waals surface area contributed by atoms with Crippen LogP contribution in [0.5, 0.6) is 0 Å². The number of hydrogen-bond donors (Lipinski definition) is 0. The summed E-state index contributed by atoms with van der Waals surface area (Å²) in [5, 5.41) is 0. The maximum atomic E-state index is 13.2. The van der Waals surface area contributed by atoms with Crippen molar-refractivity contribution in [3.8, 4) is 0 Å². The second-order valence-corrected chi connectivity index (χ2v) is 2.71. The number of hydrogen-bond acceptors (Lipinski definition) is 0. The molecule has 0 saturated carbocycles. The van der Waals surface area contributed by atoms with Gasteiger partial charge in [-0.05, 0) is 25.0 Å². The Morgan fingerprint density at radius 3 is 2.67 bits per heavy atom. The van der Waals surface area contributed by atoms with Crippen LogP contribution < -0.4 is 0 Å². The molecule has 1 heteroatoms. The van der Waals surface area contributed by atoms with Gasteiger partial charge in [-0.3, -0.25) is 0 Å². The van der Waals surface area contributed by atoms with Crippen LogP contribution in [0.1, 0.15) is 25.0 Å². The monoisotopic (exact) mass is 164 g/mol. The van der Waals surface area contributed by atoms with Crippen LogP contribution in [0.4, 0.5) is 4.39 Å². The first-order valence-corrected chi connectivity index (χ1v) is 4.19. The Balaban J connectivity index is 3.03. The van der Waals surface area contributed by atoms with Crippen molar-refractivity contribution in [2.45, 2.75) is 20.3 Å². The summed E-state index contributed by atoms with van der Waals surface area (Å²) in [6.45, 7) is 3.90. The largest absolute Gasteiger partial charge is 0.206 e. The van der Waals surface area contributed by atoms with Gasteiger partial charge >= 0.3 is 0 Å². The van der Waals surface area contributed by atoms with E-state index in [0.29, 0.717) is 5.56 Å². The molecular weight excluding hydrogens is 151 g/mol. The Bertz CT molecular complexity index is 287. The molecule has 0 aliphatic heterocycles. The van der Waals surface area contributed by atoms with Crippen molar-refractivity contribution in [3.63, 3.8) is 0 Å². The topological polar surface area (TPSA) is 0 Å². The number of allylic oxidation sites excluding steroid dienone is 1. The standard InChI is InChI=1S/C11H13F/c1-3-5-10-7-6-9(4-2)8-11(10)12/h3,5-8H,4H2,1-2H3/b5-3+. The summed E-state index contributed by atoms with van der Waals surface area (Å²) in [5.74, 6) is -0.132. The molecule has 0 nitrogen and oxygen atoms in total. The maximum absolute atomic E-state index is 13.2. The second-order valence-electron chi connectivity index (χ2n) is 2.71. The first-order valence-electron chi connectivity index (χ1n) is 4.19. The summed E-state index contributed by atoms with van der Waals surface area (Å²) in [6, 6.07) is 5.36. The minimum absolute atomic E-state index is 0.132. The van der Waals surface area contributed by atoms with Crippen LogP contribution in [0.15, 0.2) is 24.3 Å². The molecule has 0 aliphatic rings. The number of rotatable bonds is 2. The van der Waals surface area contributed by atoms with Crippen LogP contribution in [-0.2, 0) is 6.42 Å². The first-order chi connectivity index (χ1) is 5.77. The van der Waals surface area contributed by atoms with Crippen LogP contribution in [0.3, 0.4) is 0 Å². The molecule has 1 aromatic carbocycles. The lowest BCUT2D eigenvalue weighted by molar-refractivity contribution is 0.623. The molecule has 0 atom stereocenters. The molecule has 0 fully saturated rings. The van der Waals surface area contributed by atoms with Gasteiger partial charge in [0.25, 0.3) is 0 Å². The van der Waals surface area contributed by atoms with Crippen LogP contribution >= 0.6 is 0 Å². The van der Waals surface area contributed by atoms with Crippen molar-refractivity contribution in [2.24, 2.45) is 0 Å². The van der Waals surface area contributed by atoms with Crippen molar-refractivity contribution < 1.29 is 4.39 Å². The van der Waals surface area contributed by atoms with Gasteiger partial charge in [0.15, 0.2) is 0 Å². The number of halogens is 1. The predicted octanol–water partition coefficient (Wildman–Crippen LogP) is 3.42. The summed E-state index contributed by atoms with van der Waals surface area (Å²) >= 11 is 0. The molecular formula is C11H13F. The molecule has 0 heterocycles. The van der Waals surface area contributed by atoms with Crippen molar-refractivity contribution in [1.29, 1.82) is 0 Å². The molecule has 0 aliphatic carbocycles. The highest BCUT2D eigenvalue weighted by molar-refractivity contribution is 5.50. The van der Waals surface area contributed by atoms with E-state index in [2.05, 4.69) is 0 Å². The van der Waals surface area contributed by atoms with E-state index in [9.17, 15) is 4.39 Å². The van der Waals surface area contributed by atoms with E-state index in [4.69, 9.17) is 0 Å². The Morgan fingerprint density at radius 2 is 2.17 bits per heavy atom. The third-order valence-corrected chi connectivity index (χ3v) is 1.82.